The van der Waals surface area contributed by atoms with E-state index in [0.29, 0.717) is 0 Å². The molecule has 0 aliphatic heterocycles. The number of hydrogen-bond acceptors (Lipinski definition) is 4. The summed E-state index contributed by atoms with van der Waals surface area (Å²) in [6, 6.07) is 12.6. The number of halogens is 2. The highest BCUT2D eigenvalue weighted by Crippen LogP contribution is 2.23. The molecule has 1 saturated carbocycles. The summed E-state index contributed by atoms with van der Waals surface area (Å²) < 4.78 is 40.9. The van der Waals surface area contributed by atoms with Gasteiger partial charge >= 0.3 is 0 Å². The van der Waals surface area contributed by atoms with Gasteiger partial charge in [-0.1, -0.05) is 59.5 Å². The number of nitrogens with one attached hydrogen (secondary N) is 1. The number of anilines is 1. The molecule has 1 atom stereocenters. The molecule has 3 rings (SSSR count). The number of nitrogens with zero attached hydrogens (tertiary/aromatic N) is 2. The summed E-state index contributed by atoms with van der Waals surface area (Å²) >= 11 is 3.45. The van der Waals surface area contributed by atoms with Gasteiger partial charge in [0, 0.05) is 30.0 Å². The van der Waals surface area contributed by atoms with Crippen molar-refractivity contribution in [3.05, 3.63) is 64.4 Å². The predicted octanol–water partition coefficient (Wildman–Crippen LogP) is 5.00. The molecule has 2 amide bonds. The first-order valence-electron chi connectivity index (χ1n) is 12.6. The van der Waals surface area contributed by atoms with Crippen LogP contribution in [0.2, 0.25) is 0 Å². The molecule has 0 spiro atoms. The number of carbonyl (C=O) groups is 2. The smallest absolute Gasteiger partial charge is 0.242 e. The Kier molecular flexibility index (Phi) is 10.5. The van der Waals surface area contributed by atoms with E-state index >= 15 is 0 Å². The topological polar surface area (TPSA) is 86.8 Å². The summed E-state index contributed by atoms with van der Waals surface area (Å²) in [6.45, 7) is 1.90. The number of sulfonamides is 1. The van der Waals surface area contributed by atoms with Gasteiger partial charge in [0.15, 0.2) is 0 Å². The lowest BCUT2D eigenvalue weighted by molar-refractivity contribution is -0.141. The van der Waals surface area contributed by atoms with Gasteiger partial charge < -0.3 is 10.2 Å². The Morgan fingerprint density at radius 1 is 1.11 bits per heavy atom. The van der Waals surface area contributed by atoms with Gasteiger partial charge in [0.25, 0.3) is 0 Å². The molecule has 37 heavy (non-hydrogen) atoms. The van der Waals surface area contributed by atoms with Gasteiger partial charge in [-0.2, -0.15) is 0 Å². The van der Waals surface area contributed by atoms with Crippen LogP contribution in [0.25, 0.3) is 0 Å². The fourth-order valence-electron chi connectivity index (χ4n) is 4.62. The number of rotatable bonds is 11. The van der Waals surface area contributed by atoms with Crippen LogP contribution in [0, 0.1) is 5.82 Å². The number of para-hydroxylation sites is 1. The van der Waals surface area contributed by atoms with Crippen molar-refractivity contribution < 1.29 is 22.4 Å². The van der Waals surface area contributed by atoms with Crippen LogP contribution in [0.1, 0.15) is 57.4 Å². The first-order valence-corrected chi connectivity index (χ1v) is 15.3. The molecule has 2 aromatic carbocycles. The lowest BCUT2D eigenvalue weighted by atomic mass is 9.95. The SMILES string of the molecule is C[C@H](C(=O)NC1CCCCC1)N(Cc1cccc(Br)c1)C(=O)CCCN(c1ccccc1F)S(C)(=O)=O. The molecule has 0 aromatic heterocycles. The Morgan fingerprint density at radius 3 is 2.46 bits per heavy atom. The van der Waals surface area contributed by atoms with E-state index in [1.54, 1.807) is 13.0 Å². The van der Waals surface area contributed by atoms with E-state index in [1.165, 1.54) is 29.5 Å². The van der Waals surface area contributed by atoms with E-state index in [2.05, 4.69) is 21.2 Å². The summed E-state index contributed by atoms with van der Waals surface area (Å²) in [6.07, 6.45) is 6.41. The first kappa shape index (κ1) is 29.1. The quantitative estimate of drug-likeness (QED) is 0.396. The van der Waals surface area contributed by atoms with Crippen LogP contribution >= 0.6 is 15.9 Å². The van der Waals surface area contributed by atoms with Gasteiger partial charge in [0.1, 0.15) is 11.9 Å². The largest absolute Gasteiger partial charge is 0.352 e. The zero-order chi connectivity index (χ0) is 27.0. The molecule has 2 aromatic rings. The molecule has 0 heterocycles. The second-order valence-corrected chi connectivity index (χ2v) is 12.4. The normalized spacial score (nSPS) is 15.1. The van der Waals surface area contributed by atoms with Crippen LogP contribution in [-0.2, 0) is 26.2 Å². The van der Waals surface area contributed by atoms with Crippen molar-refractivity contribution in [1.82, 2.24) is 10.2 Å². The van der Waals surface area contributed by atoms with Gasteiger partial charge in [-0.3, -0.25) is 13.9 Å². The molecule has 0 bridgehead atoms. The molecule has 10 heteroatoms. The average Bonchev–Trinajstić information content (AvgIpc) is 2.85. The Balaban J connectivity index is 1.72. The zero-order valence-electron chi connectivity index (χ0n) is 21.3. The molecule has 7 nitrogen and oxygen atoms in total. The van der Waals surface area contributed by atoms with Crippen LogP contribution < -0.4 is 9.62 Å². The summed E-state index contributed by atoms with van der Waals surface area (Å²) in [5.41, 5.74) is 0.813. The van der Waals surface area contributed by atoms with E-state index < -0.39 is 21.9 Å². The van der Waals surface area contributed by atoms with E-state index in [4.69, 9.17) is 0 Å². The molecule has 0 saturated heterocycles. The van der Waals surface area contributed by atoms with Crippen LogP contribution in [0.15, 0.2) is 53.0 Å². The summed E-state index contributed by atoms with van der Waals surface area (Å²) in [5, 5.41) is 3.10. The minimum atomic E-state index is -3.76. The van der Waals surface area contributed by atoms with E-state index in [-0.39, 0.29) is 49.5 Å². The van der Waals surface area contributed by atoms with E-state index in [0.717, 1.165) is 46.3 Å². The van der Waals surface area contributed by atoms with E-state index in [9.17, 15) is 22.4 Å². The van der Waals surface area contributed by atoms with Crippen molar-refractivity contribution >= 4 is 43.5 Å². The lowest BCUT2D eigenvalue weighted by Crippen LogP contribution is -2.50. The minimum absolute atomic E-state index is 0.00945. The van der Waals surface area contributed by atoms with Gasteiger partial charge in [0.05, 0.1) is 11.9 Å². The number of carbonyl (C=O) groups excluding carboxylic acids is 2. The van der Waals surface area contributed by atoms with Gasteiger partial charge in [0.2, 0.25) is 21.8 Å². The molecule has 1 fully saturated rings. The molecule has 0 radical (unpaired) electrons. The first-order chi connectivity index (χ1) is 17.6. The lowest BCUT2D eigenvalue weighted by Gasteiger charge is -2.31. The van der Waals surface area contributed by atoms with Crippen molar-refractivity contribution in [2.24, 2.45) is 0 Å². The molecule has 1 aliphatic carbocycles. The van der Waals surface area contributed by atoms with Crippen molar-refractivity contribution in [3.63, 3.8) is 0 Å². The third kappa shape index (κ3) is 8.53. The molecular weight excluding hydrogens is 561 g/mol. The number of benzene rings is 2. The van der Waals surface area contributed by atoms with Crippen molar-refractivity contribution in [3.8, 4) is 0 Å². The summed E-state index contributed by atoms with van der Waals surface area (Å²) in [7, 11) is -3.76. The highest BCUT2D eigenvalue weighted by atomic mass is 79.9. The third-order valence-electron chi connectivity index (χ3n) is 6.63. The molecule has 0 unspecified atom stereocenters. The van der Waals surface area contributed by atoms with Crippen LogP contribution in [0.5, 0.6) is 0 Å². The fourth-order valence-corrected chi connectivity index (χ4v) is 6.03. The highest BCUT2D eigenvalue weighted by Gasteiger charge is 2.28. The second-order valence-electron chi connectivity index (χ2n) is 9.56. The minimum Gasteiger partial charge on any atom is -0.352 e. The average molecular weight is 597 g/mol. The second kappa shape index (κ2) is 13.4. The molecule has 1 N–H and O–H groups in total. The Bertz CT molecular complexity index is 1190. The molecular formula is C27H35BrFN3O4S. The monoisotopic (exact) mass is 595 g/mol. The van der Waals surface area contributed by atoms with E-state index in [1.807, 2.05) is 24.3 Å². The van der Waals surface area contributed by atoms with Crippen molar-refractivity contribution in [1.29, 1.82) is 0 Å². The van der Waals surface area contributed by atoms with Crippen molar-refractivity contribution in [2.75, 3.05) is 17.1 Å². The Labute approximate surface area is 227 Å². The van der Waals surface area contributed by atoms with Crippen LogP contribution in [0.4, 0.5) is 10.1 Å². The number of hydrogen-bond donors (Lipinski definition) is 1. The van der Waals surface area contributed by atoms with Gasteiger partial charge in [-0.25, -0.2) is 12.8 Å². The van der Waals surface area contributed by atoms with Crippen molar-refractivity contribution in [2.45, 2.75) is 70.5 Å². The Morgan fingerprint density at radius 2 is 1.81 bits per heavy atom. The highest BCUT2D eigenvalue weighted by molar-refractivity contribution is 9.10. The summed E-state index contributed by atoms with van der Waals surface area (Å²) in [5.74, 6) is -1.11. The maximum Gasteiger partial charge on any atom is 0.242 e. The van der Waals surface area contributed by atoms with Gasteiger partial charge in [-0.05, 0) is 56.0 Å². The zero-order valence-corrected chi connectivity index (χ0v) is 23.7. The third-order valence-corrected chi connectivity index (χ3v) is 8.31. The Hall–Kier alpha value is -2.46. The van der Waals surface area contributed by atoms with Crippen LogP contribution in [-0.4, -0.2) is 50.0 Å². The fraction of sp³-hybridized carbons (Fsp3) is 0.481. The van der Waals surface area contributed by atoms with Crippen LogP contribution in [0.3, 0.4) is 0 Å². The summed E-state index contributed by atoms with van der Waals surface area (Å²) in [4.78, 5) is 28.0. The standard InChI is InChI=1S/C27H35BrFN3O4S/c1-20(27(34)30-23-12-4-3-5-13-23)31(19-21-10-8-11-22(28)18-21)26(33)16-9-17-32(37(2,35)36)25-15-7-6-14-24(25)29/h6-8,10-11,14-15,18,20,23H,3-5,9,12-13,16-17,19H2,1-2H3,(H,30,34)/t20-/m1/s1. The molecule has 202 valence electrons. The predicted molar refractivity (Wildman–Crippen MR) is 147 cm³/mol. The maximum atomic E-state index is 14.3. The van der Waals surface area contributed by atoms with Gasteiger partial charge in [-0.15, -0.1) is 0 Å². The maximum absolute atomic E-state index is 14.3. The molecule has 1 aliphatic rings. The number of amides is 2.